The van der Waals surface area contributed by atoms with Gasteiger partial charge in [-0.3, -0.25) is 4.90 Å². The lowest BCUT2D eigenvalue weighted by Gasteiger charge is -2.36. The minimum Gasteiger partial charge on any atom is -0.330 e. The van der Waals surface area contributed by atoms with Gasteiger partial charge in [-0.1, -0.05) is 0 Å². The second kappa shape index (κ2) is 5.75. The van der Waals surface area contributed by atoms with Crippen molar-refractivity contribution in [2.45, 2.75) is 32.2 Å². The van der Waals surface area contributed by atoms with Gasteiger partial charge in [-0.25, -0.2) is 4.98 Å². The van der Waals surface area contributed by atoms with Crippen LogP contribution in [0, 0.1) is 5.92 Å². The van der Waals surface area contributed by atoms with E-state index in [2.05, 4.69) is 22.2 Å². The molecule has 90 valence electrons. The van der Waals surface area contributed by atoms with Gasteiger partial charge in [0.1, 0.15) is 5.01 Å². The van der Waals surface area contributed by atoms with Crippen LogP contribution >= 0.6 is 11.3 Å². The number of piperidine rings is 1. The molecule has 3 nitrogen and oxygen atoms in total. The van der Waals surface area contributed by atoms with Crippen LogP contribution in [0.1, 0.15) is 37.2 Å². The third-order valence-electron chi connectivity index (χ3n) is 3.48. The molecule has 2 heterocycles. The predicted molar refractivity (Wildman–Crippen MR) is 68.5 cm³/mol. The van der Waals surface area contributed by atoms with E-state index in [1.165, 1.54) is 37.4 Å². The van der Waals surface area contributed by atoms with Gasteiger partial charge >= 0.3 is 0 Å². The summed E-state index contributed by atoms with van der Waals surface area (Å²) in [6, 6.07) is 0.473. The van der Waals surface area contributed by atoms with Crippen LogP contribution in [0.3, 0.4) is 0 Å². The van der Waals surface area contributed by atoms with Gasteiger partial charge in [0.25, 0.3) is 0 Å². The van der Waals surface area contributed by atoms with E-state index in [0.29, 0.717) is 6.04 Å². The van der Waals surface area contributed by atoms with Gasteiger partial charge in [0.15, 0.2) is 0 Å². The van der Waals surface area contributed by atoms with Crippen LogP contribution in [-0.2, 0) is 0 Å². The Balaban J connectivity index is 1.93. The second-order valence-electron chi connectivity index (χ2n) is 4.63. The van der Waals surface area contributed by atoms with Crippen LogP contribution in [0.4, 0.5) is 0 Å². The fourth-order valence-electron chi connectivity index (χ4n) is 2.52. The molecule has 0 aliphatic carbocycles. The van der Waals surface area contributed by atoms with Gasteiger partial charge < -0.3 is 5.73 Å². The minimum atomic E-state index is 0.473. The molecule has 2 rings (SSSR count). The molecule has 2 unspecified atom stereocenters. The zero-order valence-corrected chi connectivity index (χ0v) is 10.7. The second-order valence-corrected chi connectivity index (χ2v) is 5.55. The fraction of sp³-hybridized carbons (Fsp3) is 0.750. The molecule has 1 aliphatic rings. The maximum atomic E-state index is 5.65. The summed E-state index contributed by atoms with van der Waals surface area (Å²) >= 11 is 1.76. The molecule has 16 heavy (non-hydrogen) atoms. The van der Waals surface area contributed by atoms with E-state index in [-0.39, 0.29) is 0 Å². The molecule has 1 aliphatic heterocycles. The third-order valence-corrected chi connectivity index (χ3v) is 4.43. The van der Waals surface area contributed by atoms with Gasteiger partial charge in [0, 0.05) is 18.1 Å². The normalized spacial score (nSPS) is 24.5. The Hall–Kier alpha value is -0.450. The van der Waals surface area contributed by atoms with Gasteiger partial charge in [0.05, 0.1) is 6.04 Å². The van der Waals surface area contributed by atoms with Crippen molar-refractivity contribution in [2.75, 3.05) is 19.6 Å². The molecular weight excluding hydrogens is 218 g/mol. The summed E-state index contributed by atoms with van der Waals surface area (Å²) in [4.78, 5) is 6.97. The van der Waals surface area contributed by atoms with Crippen LogP contribution in [-0.4, -0.2) is 29.5 Å². The Bertz CT molecular complexity index is 297. The first-order valence-corrected chi connectivity index (χ1v) is 7.02. The van der Waals surface area contributed by atoms with Crippen molar-refractivity contribution < 1.29 is 0 Å². The quantitative estimate of drug-likeness (QED) is 0.876. The first-order valence-electron chi connectivity index (χ1n) is 6.14. The van der Waals surface area contributed by atoms with Crippen molar-refractivity contribution in [3.05, 3.63) is 16.6 Å². The zero-order valence-electron chi connectivity index (χ0n) is 9.93. The third kappa shape index (κ3) is 2.81. The number of nitrogens with zero attached hydrogens (tertiary/aromatic N) is 2. The number of aromatic nitrogens is 1. The average Bonchev–Trinajstić information content (AvgIpc) is 2.82. The van der Waals surface area contributed by atoms with Crippen LogP contribution in [0.2, 0.25) is 0 Å². The lowest BCUT2D eigenvalue weighted by atomic mass is 9.94. The van der Waals surface area contributed by atoms with Crippen molar-refractivity contribution in [3.8, 4) is 0 Å². The first kappa shape index (κ1) is 12.0. The Morgan fingerprint density at radius 2 is 2.56 bits per heavy atom. The lowest BCUT2D eigenvalue weighted by molar-refractivity contribution is 0.128. The number of rotatable bonds is 4. The van der Waals surface area contributed by atoms with Crippen molar-refractivity contribution in [1.82, 2.24) is 9.88 Å². The van der Waals surface area contributed by atoms with Crippen molar-refractivity contribution in [1.29, 1.82) is 0 Å². The molecule has 1 saturated heterocycles. The molecule has 2 atom stereocenters. The zero-order chi connectivity index (χ0) is 11.4. The van der Waals surface area contributed by atoms with Crippen LogP contribution in [0.15, 0.2) is 11.6 Å². The van der Waals surface area contributed by atoms with E-state index < -0.39 is 0 Å². The maximum absolute atomic E-state index is 5.65. The summed E-state index contributed by atoms with van der Waals surface area (Å²) in [6.07, 6.45) is 5.72. The highest BCUT2D eigenvalue weighted by molar-refractivity contribution is 7.09. The molecule has 0 radical (unpaired) electrons. The van der Waals surface area contributed by atoms with Crippen LogP contribution < -0.4 is 5.73 Å². The number of hydrogen-bond donors (Lipinski definition) is 1. The fourth-order valence-corrected chi connectivity index (χ4v) is 3.25. The van der Waals surface area contributed by atoms with E-state index in [1.807, 2.05) is 6.20 Å². The summed E-state index contributed by atoms with van der Waals surface area (Å²) < 4.78 is 0. The van der Waals surface area contributed by atoms with E-state index in [1.54, 1.807) is 11.3 Å². The highest BCUT2D eigenvalue weighted by atomic mass is 32.1. The summed E-state index contributed by atoms with van der Waals surface area (Å²) in [6.45, 7) is 5.49. The Labute approximate surface area is 102 Å². The molecule has 0 bridgehead atoms. The molecule has 1 aromatic heterocycles. The largest absolute Gasteiger partial charge is 0.330 e. The molecule has 2 N–H and O–H groups in total. The maximum Gasteiger partial charge on any atom is 0.109 e. The number of nitrogens with two attached hydrogens (primary N) is 1. The molecule has 0 saturated carbocycles. The summed E-state index contributed by atoms with van der Waals surface area (Å²) in [5, 5.41) is 3.31. The predicted octanol–water partition coefficient (Wildman–Crippen LogP) is 2.26. The molecular formula is C12H21N3S. The van der Waals surface area contributed by atoms with Gasteiger partial charge in [0.2, 0.25) is 0 Å². The number of hydrogen-bond acceptors (Lipinski definition) is 4. The van der Waals surface area contributed by atoms with Gasteiger partial charge in [-0.2, -0.15) is 0 Å². The van der Waals surface area contributed by atoms with Crippen molar-refractivity contribution >= 4 is 11.3 Å². The molecule has 0 aromatic carbocycles. The van der Waals surface area contributed by atoms with E-state index in [9.17, 15) is 0 Å². The topological polar surface area (TPSA) is 42.2 Å². The standard InChI is InChI=1S/C12H21N3S/c1-10(12-14-6-8-16-12)15-7-2-3-11(9-15)4-5-13/h6,8,10-11H,2-5,7,9,13H2,1H3. The smallest absolute Gasteiger partial charge is 0.109 e. The monoisotopic (exact) mass is 239 g/mol. The van der Waals surface area contributed by atoms with E-state index >= 15 is 0 Å². The van der Waals surface area contributed by atoms with Gasteiger partial charge in [-0.05, 0) is 45.2 Å². The average molecular weight is 239 g/mol. The summed E-state index contributed by atoms with van der Waals surface area (Å²) in [5.74, 6) is 0.793. The Morgan fingerprint density at radius 3 is 3.25 bits per heavy atom. The van der Waals surface area contributed by atoms with E-state index in [0.717, 1.165) is 12.5 Å². The lowest BCUT2D eigenvalue weighted by Crippen LogP contribution is -2.37. The van der Waals surface area contributed by atoms with Crippen LogP contribution in [0.25, 0.3) is 0 Å². The molecule has 1 fully saturated rings. The summed E-state index contributed by atoms with van der Waals surface area (Å²) in [7, 11) is 0. The Kier molecular flexibility index (Phi) is 4.32. The SMILES string of the molecule is CC(c1nccs1)N1CCCC(CCN)C1. The molecule has 1 aromatic rings. The van der Waals surface area contributed by atoms with Crippen molar-refractivity contribution in [3.63, 3.8) is 0 Å². The number of likely N-dealkylation sites (tertiary alicyclic amines) is 1. The first-order chi connectivity index (χ1) is 7.81. The number of thiazole rings is 1. The van der Waals surface area contributed by atoms with Crippen molar-refractivity contribution in [2.24, 2.45) is 11.7 Å². The van der Waals surface area contributed by atoms with E-state index in [4.69, 9.17) is 5.73 Å². The molecule has 4 heteroatoms. The van der Waals surface area contributed by atoms with Gasteiger partial charge in [-0.15, -0.1) is 11.3 Å². The Morgan fingerprint density at radius 1 is 1.69 bits per heavy atom. The molecule has 0 amide bonds. The molecule has 0 spiro atoms. The highest BCUT2D eigenvalue weighted by Gasteiger charge is 2.24. The van der Waals surface area contributed by atoms with Crippen LogP contribution in [0.5, 0.6) is 0 Å². The highest BCUT2D eigenvalue weighted by Crippen LogP contribution is 2.28. The minimum absolute atomic E-state index is 0.473. The summed E-state index contributed by atoms with van der Waals surface area (Å²) in [5.41, 5.74) is 5.65.